The fourth-order valence-electron chi connectivity index (χ4n) is 2.17. The molecule has 2 rings (SSSR count). The molecule has 2 unspecified atom stereocenters. The summed E-state index contributed by atoms with van der Waals surface area (Å²) >= 11 is 0. The summed E-state index contributed by atoms with van der Waals surface area (Å²) in [6.45, 7) is 0.0435. The lowest BCUT2D eigenvalue weighted by Gasteiger charge is -2.21. The third-order valence-corrected chi connectivity index (χ3v) is 3.16. The van der Waals surface area contributed by atoms with Crippen LogP contribution in [-0.2, 0) is 4.79 Å². The molecule has 2 N–H and O–H groups in total. The van der Waals surface area contributed by atoms with E-state index in [1.807, 2.05) is 0 Å². The number of carbonyl (C=O) groups is 2. The molecule has 0 aliphatic carbocycles. The van der Waals surface area contributed by atoms with Gasteiger partial charge in [0, 0.05) is 18.5 Å². The van der Waals surface area contributed by atoms with Crippen LogP contribution in [0.15, 0.2) is 24.3 Å². The Kier molecular flexibility index (Phi) is 3.71. The van der Waals surface area contributed by atoms with Gasteiger partial charge in [-0.05, 0) is 24.3 Å². The van der Waals surface area contributed by atoms with E-state index in [9.17, 15) is 14.7 Å². The molecular weight excluding hydrogens is 250 g/mol. The van der Waals surface area contributed by atoms with E-state index in [1.165, 1.54) is 12.0 Å². The van der Waals surface area contributed by atoms with Gasteiger partial charge in [0.2, 0.25) is 0 Å². The van der Waals surface area contributed by atoms with Gasteiger partial charge in [0.25, 0.3) is 5.91 Å². The van der Waals surface area contributed by atoms with Crippen molar-refractivity contribution in [2.45, 2.75) is 18.6 Å². The molecule has 1 aromatic carbocycles. The largest absolute Gasteiger partial charge is 0.497 e. The zero-order valence-corrected chi connectivity index (χ0v) is 10.4. The lowest BCUT2D eigenvalue weighted by atomic mass is 10.1. The Bertz CT molecular complexity index is 484. The van der Waals surface area contributed by atoms with Gasteiger partial charge < -0.3 is 19.8 Å². The van der Waals surface area contributed by atoms with E-state index in [1.54, 1.807) is 24.3 Å². The average molecular weight is 265 g/mol. The molecule has 19 heavy (non-hydrogen) atoms. The van der Waals surface area contributed by atoms with Crippen molar-refractivity contribution >= 4 is 11.9 Å². The van der Waals surface area contributed by atoms with E-state index in [0.717, 1.165) is 0 Å². The minimum Gasteiger partial charge on any atom is -0.497 e. The zero-order chi connectivity index (χ0) is 14.0. The van der Waals surface area contributed by atoms with Gasteiger partial charge in [0.15, 0.2) is 0 Å². The quantitative estimate of drug-likeness (QED) is 0.823. The number of aliphatic carboxylic acids is 1. The number of rotatable bonds is 3. The first-order valence-electron chi connectivity index (χ1n) is 5.89. The van der Waals surface area contributed by atoms with Gasteiger partial charge in [0.05, 0.1) is 13.2 Å². The Balaban J connectivity index is 2.20. The first kappa shape index (κ1) is 13.4. The van der Waals surface area contributed by atoms with Crippen LogP contribution in [0.2, 0.25) is 0 Å². The maximum Gasteiger partial charge on any atom is 0.326 e. The van der Waals surface area contributed by atoms with Crippen molar-refractivity contribution in [1.82, 2.24) is 4.90 Å². The molecule has 1 aliphatic rings. The molecule has 0 saturated carbocycles. The maximum absolute atomic E-state index is 12.2. The molecule has 0 bridgehead atoms. The fourth-order valence-corrected chi connectivity index (χ4v) is 2.17. The van der Waals surface area contributed by atoms with Gasteiger partial charge in [-0.1, -0.05) is 0 Å². The number of amides is 1. The van der Waals surface area contributed by atoms with Crippen LogP contribution in [0.4, 0.5) is 0 Å². The van der Waals surface area contributed by atoms with Crippen molar-refractivity contribution in [2.24, 2.45) is 0 Å². The van der Waals surface area contributed by atoms with E-state index in [4.69, 9.17) is 9.84 Å². The Morgan fingerprint density at radius 1 is 1.32 bits per heavy atom. The van der Waals surface area contributed by atoms with Crippen LogP contribution in [0.5, 0.6) is 5.75 Å². The van der Waals surface area contributed by atoms with E-state index in [0.29, 0.717) is 11.3 Å². The summed E-state index contributed by atoms with van der Waals surface area (Å²) in [4.78, 5) is 24.5. The molecule has 1 heterocycles. The lowest BCUT2D eigenvalue weighted by molar-refractivity contribution is -0.141. The van der Waals surface area contributed by atoms with E-state index >= 15 is 0 Å². The lowest BCUT2D eigenvalue weighted by Crippen LogP contribution is -2.40. The van der Waals surface area contributed by atoms with Crippen molar-refractivity contribution < 1.29 is 24.5 Å². The number of β-amino-alcohol motifs (C(OH)–C–C–N with tert-alkyl or cyclic N) is 1. The smallest absolute Gasteiger partial charge is 0.326 e. The molecule has 1 aromatic rings. The Morgan fingerprint density at radius 2 is 1.95 bits per heavy atom. The molecular formula is C13H15NO5. The average Bonchev–Trinajstić information content (AvgIpc) is 2.80. The predicted octanol–water partition coefficient (Wildman–Crippen LogP) is 0.355. The maximum atomic E-state index is 12.2. The topological polar surface area (TPSA) is 87.1 Å². The number of aliphatic hydroxyl groups excluding tert-OH is 1. The molecule has 1 aliphatic heterocycles. The molecule has 0 radical (unpaired) electrons. The van der Waals surface area contributed by atoms with E-state index in [2.05, 4.69) is 0 Å². The number of benzene rings is 1. The first-order chi connectivity index (χ1) is 9.02. The number of hydrogen-bond donors (Lipinski definition) is 2. The van der Waals surface area contributed by atoms with Crippen molar-refractivity contribution in [1.29, 1.82) is 0 Å². The highest BCUT2D eigenvalue weighted by Gasteiger charge is 2.39. The predicted molar refractivity (Wildman–Crippen MR) is 66.1 cm³/mol. The summed E-state index contributed by atoms with van der Waals surface area (Å²) in [6, 6.07) is 5.45. The summed E-state index contributed by atoms with van der Waals surface area (Å²) in [5.41, 5.74) is 0.376. The highest BCUT2D eigenvalue weighted by Crippen LogP contribution is 2.22. The van der Waals surface area contributed by atoms with Gasteiger partial charge >= 0.3 is 5.97 Å². The first-order valence-corrected chi connectivity index (χ1v) is 5.89. The number of carbonyl (C=O) groups excluding carboxylic acids is 1. The summed E-state index contributed by atoms with van der Waals surface area (Å²) in [5, 5.41) is 18.6. The van der Waals surface area contributed by atoms with Crippen molar-refractivity contribution in [2.75, 3.05) is 13.7 Å². The molecule has 0 spiro atoms. The minimum atomic E-state index is -1.10. The molecule has 1 amide bonds. The number of hydrogen-bond acceptors (Lipinski definition) is 4. The van der Waals surface area contributed by atoms with Gasteiger partial charge in [-0.25, -0.2) is 4.79 Å². The van der Waals surface area contributed by atoms with Crippen molar-refractivity contribution in [3.05, 3.63) is 29.8 Å². The Labute approximate surface area is 110 Å². The molecule has 1 saturated heterocycles. The SMILES string of the molecule is COc1ccc(C(=O)N2CC(O)CC2C(=O)O)cc1. The van der Waals surface area contributed by atoms with Gasteiger partial charge in [-0.3, -0.25) is 4.79 Å². The molecule has 102 valence electrons. The number of nitrogens with zero attached hydrogens (tertiary/aromatic N) is 1. The highest BCUT2D eigenvalue weighted by molar-refractivity contribution is 5.97. The second kappa shape index (κ2) is 5.27. The fraction of sp³-hybridized carbons (Fsp3) is 0.385. The Hall–Kier alpha value is -2.08. The normalized spacial score (nSPS) is 22.3. The highest BCUT2D eigenvalue weighted by atomic mass is 16.5. The molecule has 6 heteroatoms. The molecule has 6 nitrogen and oxygen atoms in total. The number of carboxylic acid groups (broad SMARTS) is 1. The van der Waals surface area contributed by atoms with Crippen LogP contribution in [0.3, 0.4) is 0 Å². The molecule has 0 aromatic heterocycles. The van der Waals surface area contributed by atoms with Crippen LogP contribution >= 0.6 is 0 Å². The second-order valence-electron chi connectivity index (χ2n) is 4.43. The summed E-state index contributed by atoms with van der Waals surface area (Å²) < 4.78 is 4.99. The third-order valence-electron chi connectivity index (χ3n) is 3.16. The van der Waals surface area contributed by atoms with E-state index < -0.39 is 24.0 Å². The zero-order valence-electron chi connectivity index (χ0n) is 10.4. The van der Waals surface area contributed by atoms with Gasteiger partial charge in [-0.2, -0.15) is 0 Å². The third kappa shape index (κ3) is 2.68. The van der Waals surface area contributed by atoms with Crippen LogP contribution < -0.4 is 4.74 Å². The monoisotopic (exact) mass is 265 g/mol. The van der Waals surface area contributed by atoms with E-state index in [-0.39, 0.29) is 13.0 Å². The minimum absolute atomic E-state index is 0.0435. The Morgan fingerprint density at radius 3 is 2.47 bits per heavy atom. The summed E-state index contributed by atoms with van der Waals surface area (Å²) in [6.07, 6.45) is -0.722. The van der Waals surface area contributed by atoms with Crippen LogP contribution in [0.1, 0.15) is 16.8 Å². The van der Waals surface area contributed by atoms with Crippen LogP contribution in [-0.4, -0.2) is 52.8 Å². The second-order valence-corrected chi connectivity index (χ2v) is 4.43. The van der Waals surface area contributed by atoms with Crippen LogP contribution in [0.25, 0.3) is 0 Å². The number of aliphatic hydroxyl groups is 1. The number of methoxy groups -OCH3 is 1. The molecule has 2 atom stereocenters. The summed E-state index contributed by atoms with van der Waals surface area (Å²) in [7, 11) is 1.52. The number of likely N-dealkylation sites (tertiary alicyclic amines) is 1. The van der Waals surface area contributed by atoms with Crippen LogP contribution in [0, 0.1) is 0 Å². The summed E-state index contributed by atoms with van der Waals surface area (Å²) in [5.74, 6) is -0.877. The van der Waals surface area contributed by atoms with Gasteiger partial charge in [-0.15, -0.1) is 0 Å². The van der Waals surface area contributed by atoms with Crippen molar-refractivity contribution in [3.8, 4) is 5.75 Å². The van der Waals surface area contributed by atoms with Gasteiger partial charge in [0.1, 0.15) is 11.8 Å². The number of ether oxygens (including phenoxy) is 1. The standard InChI is InChI=1S/C13H15NO5/c1-19-10-4-2-8(3-5-10)12(16)14-7-9(15)6-11(14)13(17)18/h2-5,9,11,15H,6-7H2,1H3,(H,17,18). The number of carboxylic acids is 1. The molecule has 1 fully saturated rings. The van der Waals surface area contributed by atoms with Crippen molar-refractivity contribution in [3.63, 3.8) is 0 Å².